The van der Waals surface area contributed by atoms with Crippen LogP contribution in [0.5, 0.6) is 0 Å². The van der Waals surface area contributed by atoms with Crippen LogP contribution in [-0.2, 0) is 11.3 Å². The number of rotatable bonds is 11. The topological polar surface area (TPSA) is 138 Å². The van der Waals surface area contributed by atoms with E-state index in [9.17, 15) is 14.4 Å². The first-order valence-corrected chi connectivity index (χ1v) is 16.4. The minimum Gasteiger partial charge on any atom is -0.481 e. The molecule has 0 aliphatic heterocycles. The summed E-state index contributed by atoms with van der Waals surface area (Å²) in [4.78, 5) is 43.6. The Morgan fingerprint density at radius 2 is 1.67 bits per heavy atom. The maximum Gasteiger partial charge on any atom is 0.322 e. The Bertz CT molecular complexity index is 1440. The van der Waals surface area contributed by atoms with Crippen molar-refractivity contribution in [3.8, 4) is 11.5 Å². The van der Waals surface area contributed by atoms with Gasteiger partial charge in [-0.15, -0.1) is 0 Å². The first kappa shape index (κ1) is 32.2. The summed E-state index contributed by atoms with van der Waals surface area (Å²) in [6.07, 6.45) is 10.8. The van der Waals surface area contributed by atoms with Gasteiger partial charge in [-0.2, -0.15) is 4.98 Å². The van der Waals surface area contributed by atoms with E-state index in [-0.39, 0.29) is 36.9 Å². The Hall–Kier alpha value is -4.21. The summed E-state index contributed by atoms with van der Waals surface area (Å²) >= 11 is 0. The van der Waals surface area contributed by atoms with E-state index in [4.69, 9.17) is 9.63 Å². The molecule has 3 aromatic rings. The first-order chi connectivity index (χ1) is 21.8. The molecule has 2 aliphatic carbocycles. The van der Waals surface area contributed by atoms with Crippen molar-refractivity contribution in [2.45, 2.75) is 96.6 Å². The van der Waals surface area contributed by atoms with Crippen LogP contribution >= 0.6 is 0 Å². The maximum atomic E-state index is 13.9. The van der Waals surface area contributed by atoms with Crippen LogP contribution in [0, 0.1) is 11.8 Å². The molecular weight excluding hydrogens is 570 g/mol. The number of carbonyl (C=O) groups excluding carboxylic acids is 2. The van der Waals surface area contributed by atoms with Crippen LogP contribution in [0.1, 0.15) is 106 Å². The van der Waals surface area contributed by atoms with Gasteiger partial charge < -0.3 is 25.2 Å². The fourth-order valence-electron chi connectivity index (χ4n) is 6.71. The van der Waals surface area contributed by atoms with Crippen molar-refractivity contribution in [3.05, 3.63) is 65.5 Å². The number of anilines is 1. The van der Waals surface area contributed by atoms with E-state index in [1.807, 2.05) is 55.1 Å². The second kappa shape index (κ2) is 15.2. The van der Waals surface area contributed by atoms with Gasteiger partial charge in [0.2, 0.25) is 0 Å². The number of nitrogens with zero attached hydrogens (tertiary/aromatic N) is 3. The van der Waals surface area contributed by atoms with E-state index in [1.54, 1.807) is 12.1 Å². The third-order valence-corrected chi connectivity index (χ3v) is 9.27. The molecule has 0 bridgehead atoms. The molecule has 2 fully saturated rings. The molecule has 2 aliphatic rings. The van der Waals surface area contributed by atoms with Gasteiger partial charge in [-0.05, 0) is 73.4 Å². The Balaban J connectivity index is 1.29. The molecule has 0 atom stereocenters. The number of nitrogens with one attached hydrogen (secondary N) is 2. The van der Waals surface area contributed by atoms with Gasteiger partial charge in [-0.25, -0.2) is 4.79 Å². The molecule has 5 rings (SSSR count). The number of carboxylic acids is 1. The lowest BCUT2D eigenvalue weighted by atomic mass is 9.72. The number of urea groups is 1. The molecular formula is C35H45N5O5. The third kappa shape index (κ3) is 8.71. The second-order valence-electron chi connectivity index (χ2n) is 12.8. The summed E-state index contributed by atoms with van der Waals surface area (Å²) in [6, 6.07) is 14.6. The van der Waals surface area contributed by atoms with Crippen LogP contribution in [0.2, 0.25) is 0 Å². The molecule has 0 spiro atoms. The lowest BCUT2D eigenvalue weighted by molar-refractivity contribution is -0.136. The highest BCUT2D eigenvalue weighted by molar-refractivity contribution is 5.94. The monoisotopic (exact) mass is 615 g/mol. The van der Waals surface area contributed by atoms with Gasteiger partial charge in [0.25, 0.3) is 11.8 Å². The molecule has 0 saturated heterocycles. The van der Waals surface area contributed by atoms with Gasteiger partial charge in [0, 0.05) is 41.9 Å². The lowest BCUT2D eigenvalue weighted by Crippen LogP contribution is -2.44. The van der Waals surface area contributed by atoms with Crippen molar-refractivity contribution in [1.82, 2.24) is 20.4 Å². The van der Waals surface area contributed by atoms with E-state index in [1.165, 1.54) is 32.1 Å². The molecule has 45 heavy (non-hydrogen) atoms. The molecule has 0 unspecified atom stereocenters. The average Bonchev–Trinajstić information content (AvgIpc) is 3.56. The molecule has 3 amide bonds. The average molecular weight is 616 g/mol. The van der Waals surface area contributed by atoms with Gasteiger partial charge in [-0.1, -0.05) is 69.3 Å². The maximum absolute atomic E-state index is 13.9. The SMILES string of the molecule is CC(C)c1noc(-c2cccc(NC(=O)N(Cc3ccc(C(=O)NCCC(=O)O)cc3)C3CCC(C4CCCCC4)CC3)c2)n1. The zero-order valence-corrected chi connectivity index (χ0v) is 26.3. The van der Waals surface area contributed by atoms with Crippen molar-refractivity contribution in [3.63, 3.8) is 0 Å². The van der Waals surface area contributed by atoms with E-state index in [0.29, 0.717) is 29.5 Å². The molecule has 0 radical (unpaired) electrons. The minimum absolute atomic E-state index is 0.0694. The zero-order chi connectivity index (χ0) is 31.8. The highest BCUT2D eigenvalue weighted by Gasteiger charge is 2.33. The van der Waals surface area contributed by atoms with Gasteiger partial charge in [0.15, 0.2) is 5.82 Å². The van der Waals surface area contributed by atoms with Crippen LogP contribution < -0.4 is 10.6 Å². The number of aliphatic carboxylic acids is 1. The Morgan fingerprint density at radius 1 is 0.956 bits per heavy atom. The van der Waals surface area contributed by atoms with Gasteiger partial charge in [0.05, 0.1) is 6.42 Å². The van der Waals surface area contributed by atoms with Crippen LogP contribution in [-0.4, -0.2) is 50.6 Å². The zero-order valence-electron chi connectivity index (χ0n) is 26.3. The Labute approximate surface area is 265 Å². The number of aromatic nitrogens is 2. The summed E-state index contributed by atoms with van der Waals surface area (Å²) in [5.41, 5.74) is 2.76. The number of carbonyl (C=O) groups is 3. The molecule has 1 aromatic heterocycles. The summed E-state index contributed by atoms with van der Waals surface area (Å²) in [6.45, 7) is 4.49. The molecule has 10 heteroatoms. The second-order valence-corrected chi connectivity index (χ2v) is 12.8. The summed E-state index contributed by atoms with van der Waals surface area (Å²) < 4.78 is 5.47. The molecule has 240 valence electrons. The van der Waals surface area contributed by atoms with Crippen LogP contribution in [0.15, 0.2) is 53.1 Å². The Kier molecular flexibility index (Phi) is 10.9. The number of hydrogen-bond donors (Lipinski definition) is 3. The lowest BCUT2D eigenvalue weighted by Gasteiger charge is -2.40. The standard InChI is InChI=1S/C35H45N5O5/c1-23(2)32-38-34(45-39-32)28-9-6-10-29(21-28)37-35(44)40(30-17-15-26(16-18-30)25-7-4-3-5-8-25)22-24-11-13-27(14-12-24)33(43)36-20-19-31(41)42/h6,9-14,21,23,25-26,30H,3-5,7-8,15-20,22H2,1-2H3,(H,36,43)(H,37,44)(H,41,42). The van der Waals surface area contributed by atoms with Gasteiger partial charge >= 0.3 is 12.0 Å². The summed E-state index contributed by atoms with van der Waals surface area (Å²) in [5.74, 6) is 1.48. The normalized spacial score (nSPS) is 18.8. The van der Waals surface area contributed by atoms with Gasteiger partial charge in [-0.3, -0.25) is 9.59 Å². The number of carboxylic acid groups (broad SMARTS) is 1. The molecule has 1 heterocycles. The van der Waals surface area contributed by atoms with E-state index in [2.05, 4.69) is 20.8 Å². The van der Waals surface area contributed by atoms with Crippen molar-refractivity contribution < 1.29 is 24.0 Å². The molecule has 3 N–H and O–H groups in total. The fraction of sp³-hybridized carbons (Fsp3) is 0.514. The predicted molar refractivity (Wildman–Crippen MR) is 172 cm³/mol. The van der Waals surface area contributed by atoms with E-state index >= 15 is 0 Å². The predicted octanol–water partition coefficient (Wildman–Crippen LogP) is 7.24. The van der Waals surface area contributed by atoms with Crippen LogP contribution in [0.4, 0.5) is 10.5 Å². The fourth-order valence-corrected chi connectivity index (χ4v) is 6.71. The highest BCUT2D eigenvalue weighted by Crippen LogP contribution is 2.39. The number of benzene rings is 2. The Morgan fingerprint density at radius 3 is 2.33 bits per heavy atom. The summed E-state index contributed by atoms with van der Waals surface area (Å²) in [7, 11) is 0. The smallest absolute Gasteiger partial charge is 0.322 e. The largest absolute Gasteiger partial charge is 0.481 e. The first-order valence-electron chi connectivity index (χ1n) is 16.4. The molecule has 10 nitrogen and oxygen atoms in total. The van der Waals surface area contributed by atoms with E-state index in [0.717, 1.165) is 48.6 Å². The van der Waals surface area contributed by atoms with Crippen molar-refractivity contribution in [2.75, 3.05) is 11.9 Å². The quantitative estimate of drug-likeness (QED) is 0.207. The van der Waals surface area contributed by atoms with Crippen molar-refractivity contribution in [1.29, 1.82) is 0 Å². The van der Waals surface area contributed by atoms with E-state index < -0.39 is 5.97 Å². The van der Waals surface area contributed by atoms with Crippen LogP contribution in [0.25, 0.3) is 11.5 Å². The highest BCUT2D eigenvalue weighted by atomic mass is 16.5. The third-order valence-electron chi connectivity index (χ3n) is 9.27. The van der Waals surface area contributed by atoms with Crippen molar-refractivity contribution >= 4 is 23.6 Å². The van der Waals surface area contributed by atoms with Gasteiger partial charge in [0.1, 0.15) is 0 Å². The number of hydrogen-bond acceptors (Lipinski definition) is 6. The van der Waals surface area contributed by atoms with Crippen molar-refractivity contribution in [2.24, 2.45) is 11.8 Å². The minimum atomic E-state index is -0.960. The van der Waals surface area contributed by atoms with Crippen LogP contribution in [0.3, 0.4) is 0 Å². The molecule has 2 aromatic carbocycles. The summed E-state index contributed by atoms with van der Waals surface area (Å²) in [5, 5.41) is 18.7. The molecule has 2 saturated carbocycles. The number of amides is 3.